The quantitative estimate of drug-likeness (QED) is 0.713. The van der Waals surface area contributed by atoms with Crippen LogP contribution in [0.2, 0.25) is 0 Å². The van der Waals surface area contributed by atoms with E-state index < -0.39 is 17.7 Å². The van der Waals surface area contributed by atoms with Crippen LogP contribution in [0.1, 0.15) is 20.8 Å². The van der Waals surface area contributed by atoms with E-state index in [2.05, 4.69) is 0 Å². The van der Waals surface area contributed by atoms with E-state index in [1.165, 1.54) is 4.90 Å². The standard InChI is InChI=1S/C11H22N2O4/c1-11(2,3)17-10(15)13-4-5-16-7-9(13)8(12)6-14/h8-9,14H,4-7,12H2,1-3H3. The molecular weight excluding hydrogens is 224 g/mol. The van der Waals surface area contributed by atoms with Crippen LogP contribution in [0.15, 0.2) is 0 Å². The summed E-state index contributed by atoms with van der Waals surface area (Å²) in [7, 11) is 0. The number of aliphatic hydroxyl groups is 1. The minimum Gasteiger partial charge on any atom is -0.444 e. The van der Waals surface area contributed by atoms with E-state index in [1.54, 1.807) is 0 Å². The Morgan fingerprint density at radius 2 is 2.29 bits per heavy atom. The molecule has 1 aliphatic heterocycles. The van der Waals surface area contributed by atoms with Gasteiger partial charge in [0.2, 0.25) is 0 Å². The van der Waals surface area contributed by atoms with Crippen LogP contribution in [0.25, 0.3) is 0 Å². The normalized spacial score (nSPS) is 23.4. The Balaban J connectivity index is 2.67. The molecule has 1 heterocycles. The summed E-state index contributed by atoms with van der Waals surface area (Å²) < 4.78 is 10.6. The molecule has 1 rings (SSSR count). The smallest absolute Gasteiger partial charge is 0.410 e. The first-order valence-electron chi connectivity index (χ1n) is 5.79. The fourth-order valence-corrected chi connectivity index (χ4v) is 1.65. The van der Waals surface area contributed by atoms with Crippen molar-refractivity contribution in [1.82, 2.24) is 4.90 Å². The number of morpholine rings is 1. The SMILES string of the molecule is CC(C)(C)OC(=O)N1CCOCC1C(N)CO. The highest BCUT2D eigenvalue weighted by atomic mass is 16.6. The van der Waals surface area contributed by atoms with Gasteiger partial charge in [-0.25, -0.2) is 4.79 Å². The average Bonchev–Trinajstić information content (AvgIpc) is 2.25. The molecule has 0 aromatic rings. The second-order valence-electron chi connectivity index (χ2n) is 5.16. The van der Waals surface area contributed by atoms with Crippen molar-refractivity contribution in [2.45, 2.75) is 38.5 Å². The second-order valence-corrected chi connectivity index (χ2v) is 5.16. The zero-order valence-electron chi connectivity index (χ0n) is 10.7. The molecule has 0 spiro atoms. The fourth-order valence-electron chi connectivity index (χ4n) is 1.65. The first kappa shape index (κ1) is 14.2. The molecular formula is C11H22N2O4. The highest BCUT2D eigenvalue weighted by Gasteiger charge is 2.34. The number of carbonyl (C=O) groups is 1. The van der Waals surface area contributed by atoms with Gasteiger partial charge < -0.3 is 20.3 Å². The third-order valence-corrected chi connectivity index (χ3v) is 2.50. The average molecular weight is 246 g/mol. The van der Waals surface area contributed by atoms with Gasteiger partial charge in [0.25, 0.3) is 0 Å². The first-order chi connectivity index (χ1) is 7.85. The minimum atomic E-state index is -0.538. The number of aliphatic hydroxyl groups excluding tert-OH is 1. The lowest BCUT2D eigenvalue weighted by atomic mass is 10.1. The molecule has 3 N–H and O–H groups in total. The molecule has 0 saturated carbocycles. The van der Waals surface area contributed by atoms with Gasteiger partial charge in [-0.3, -0.25) is 4.90 Å². The van der Waals surface area contributed by atoms with Crippen molar-refractivity contribution >= 4 is 6.09 Å². The molecule has 2 atom stereocenters. The number of carbonyl (C=O) groups excluding carboxylic acids is 1. The number of nitrogens with two attached hydrogens (primary N) is 1. The number of ether oxygens (including phenoxy) is 2. The van der Waals surface area contributed by atoms with E-state index in [0.29, 0.717) is 19.8 Å². The largest absolute Gasteiger partial charge is 0.444 e. The third kappa shape index (κ3) is 4.14. The van der Waals surface area contributed by atoms with Crippen molar-refractivity contribution in [2.24, 2.45) is 5.73 Å². The lowest BCUT2D eigenvalue weighted by Gasteiger charge is -2.38. The van der Waals surface area contributed by atoms with Gasteiger partial charge in [-0.15, -0.1) is 0 Å². The molecule has 1 saturated heterocycles. The van der Waals surface area contributed by atoms with E-state index in [1.807, 2.05) is 20.8 Å². The molecule has 100 valence electrons. The van der Waals surface area contributed by atoms with Gasteiger partial charge in [0.05, 0.1) is 31.9 Å². The predicted octanol–water partition coefficient (Wildman–Crippen LogP) is -0.0581. The molecule has 1 aliphatic rings. The van der Waals surface area contributed by atoms with Crippen molar-refractivity contribution in [1.29, 1.82) is 0 Å². The number of nitrogens with zero attached hydrogens (tertiary/aromatic N) is 1. The molecule has 0 bridgehead atoms. The van der Waals surface area contributed by atoms with Gasteiger partial charge in [0.1, 0.15) is 5.60 Å². The molecule has 0 aromatic heterocycles. The fraction of sp³-hybridized carbons (Fsp3) is 0.909. The zero-order valence-corrected chi connectivity index (χ0v) is 10.7. The van der Waals surface area contributed by atoms with Gasteiger partial charge >= 0.3 is 6.09 Å². The molecule has 2 unspecified atom stereocenters. The summed E-state index contributed by atoms with van der Waals surface area (Å²) in [6.45, 7) is 6.49. The zero-order chi connectivity index (χ0) is 13.1. The van der Waals surface area contributed by atoms with E-state index in [-0.39, 0.29) is 12.6 Å². The van der Waals surface area contributed by atoms with Crippen molar-refractivity contribution in [3.63, 3.8) is 0 Å². The van der Waals surface area contributed by atoms with Gasteiger partial charge in [-0.2, -0.15) is 0 Å². The molecule has 0 radical (unpaired) electrons. The van der Waals surface area contributed by atoms with Crippen LogP contribution in [0, 0.1) is 0 Å². The van der Waals surface area contributed by atoms with Gasteiger partial charge in [0, 0.05) is 6.54 Å². The maximum absolute atomic E-state index is 12.0. The Hall–Kier alpha value is -0.850. The first-order valence-corrected chi connectivity index (χ1v) is 5.79. The van der Waals surface area contributed by atoms with E-state index >= 15 is 0 Å². The number of rotatable bonds is 2. The Labute approximate surface area is 102 Å². The third-order valence-electron chi connectivity index (χ3n) is 2.50. The highest BCUT2D eigenvalue weighted by Crippen LogP contribution is 2.15. The monoisotopic (exact) mass is 246 g/mol. The molecule has 1 fully saturated rings. The summed E-state index contributed by atoms with van der Waals surface area (Å²) in [6, 6.07) is -0.841. The lowest BCUT2D eigenvalue weighted by molar-refractivity contribution is -0.0416. The van der Waals surface area contributed by atoms with Crippen LogP contribution in [-0.2, 0) is 9.47 Å². The van der Waals surface area contributed by atoms with E-state index in [4.69, 9.17) is 20.3 Å². The number of hydrogen-bond donors (Lipinski definition) is 2. The summed E-state index contributed by atoms with van der Waals surface area (Å²) in [6.07, 6.45) is -0.408. The van der Waals surface area contributed by atoms with Crippen LogP contribution in [-0.4, -0.2) is 60.1 Å². The Bertz CT molecular complexity index is 265. The molecule has 17 heavy (non-hydrogen) atoms. The summed E-state index contributed by atoms with van der Waals surface area (Å²) in [4.78, 5) is 13.5. The van der Waals surface area contributed by atoms with Crippen molar-refractivity contribution < 1.29 is 19.4 Å². The molecule has 0 aliphatic carbocycles. The van der Waals surface area contributed by atoms with Gasteiger partial charge in [-0.05, 0) is 20.8 Å². The summed E-state index contributed by atoms with van der Waals surface area (Å²) in [5.41, 5.74) is 5.22. The van der Waals surface area contributed by atoms with E-state index in [9.17, 15) is 4.79 Å². The highest BCUT2D eigenvalue weighted by molar-refractivity contribution is 5.68. The van der Waals surface area contributed by atoms with Crippen LogP contribution < -0.4 is 5.73 Å². The summed E-state index contributed by atoms with van der Waals surface area (Å²) >= 11 is 0. The maximum Gasteiger partial charge on any atom is 0.410 e. The Kier molecular flexibility index (Phi) is 4.73. The summed E-state index contributed by atoms with van der Waals surface area (Å²) in [5, 5.41) is 9.06. The van der Waals surface area contributed by atoms with E-state index in [0.717, 1.165) is 0 Å². The maximum atomic E-state index is 12.0. The summed E-state index contributed by atoms with van der Waals surface area (Å²) in [5.74, 6) is 0. The number of amides is 1. The van der Waals surface area contributed by atoms with Crippen molar-refractivity contribution in [3.05, 3.63) is 0 Å². The molecule has 6 heteroatoms. The van der Waals surface area contributed by atoms with Gasteiger partial charge in [0.15, 0.2) is 0 Å². The molecule has 0 aromatic carbocycles. The topological polar surface area (TPSA) is 85.0 Å². The van der Waals surface area contributed by atoms with Crippen LogP contribution in [0.5, 0.6) is 0 Å². The molecule has 6 nitrogen and oxygen atoms in total. The Morgan fingerprint density at radius 3 is 2.82 bits per heavy atom. The minimum absolute atomic E-state index is 0.187. The van der Waals surface area contributed by atoms with Crippen LogP contribution in [0.4, 0.5) is 4.79 Å². The number of hydrogen-bond acceptors (Lipinski definition) is 5. The van der Waals surface area contributed by atoms with Crippen molar-refractivity contribution in [3.8, 4) is 0 Å². The second kappa shape index (κ2) is 5.66. The van der Waals surface area contributed by atoms with Crippen LogP contribution in [0.3, 0.4) is 0 Å². The predicted molar refractivity (Wildman–Crippen MR) is 62.6 cm³/mol. The van der Waals surface area contributed by atoms with Crippen molar-refractivity contribution in [2.75, 3.05) is 26.4 Å². The molecule has 1 amide bonds. The Morgan fingerprint density at radius 1 is 1.65 bits per heavy atom. The lowest BCUT2D eigenvalue weighted by Crippen LogP contribution is -2.58. The van der Waals surface area contributed by atoms with Crippen LogP contribution >= 0.6 is 0 Å². The van der Waals surface area contributed by atoms with Gasteiger partial charge in [-0.1, -0.05) is 0 Å².